The molecule has 2 saturated carbocycles. The van der Waals surface area contributed by atoms with Crippen LogP contribution in [0.3, 0.4) is 0 Å². The van der Waals surface area contributed by atoms with E-state index >= 15 is 0 Å². The number of rotatable bonds is 11. The van der Waals surface area contributed by atoms with E-state index in [0.29, 0.717) is 5.41 Å². The molecule has 140 valence electrons. The van der Waals surface area contributed by atoms with Crippen LogP contribution in [-0.2, 0) is 4.74 Å². The van der Waals surface area contributed by atoms with Crippen molar-refractivity contribution in [2.24, 2.45) is 10.4 Å². The van der Waals surface area contributed by atoms with E-state index in [9.17, 15) is 0 Å². The van der Waals surface area contributed by atoms with Gasteiger partial charge < -0.3 is 15.4 Å². The lowest BCUT2D eigenvalue weighted by Crippen LogP contribution is -2.45. The Morgan fingerprint density at radius 3 is 2.54 bits per heavy atom. The molecule has 24 heavy (non-hydrogen) atoms. The molecule has 0 spiro atoms. The molecule has 2 aliphatic rings. The van der Waals surface area contributed by atoms with Crippen LogP contribution in [0.15, 0.2) is 4.99 Å². The van der Waals surface area contributed by atoms with E-state index in [4.69, 9.17) is 4.74 Å². The highest BCUT2D eigenvalue weighted by atomic mass is 16.5. The van der Waals surface area contributed by atoms with E-state index in [2.05, 4.69) is 34.4 Å². The quantitative estimate of drug-likeness (QED) is 0.345. The Morgan fingerprint density at radius 2 is 1.96 bits per heavy atom. The lowest BCUT2D eigenvalue weighted by molar-refractivity contribution is 0.105. The zero-order chi connectivity index (χ0) is 17.3. The molecule has 2 rings (SSSR count). The fraction of sp³-hybridized carbons (Fsp3) is 0.947. The molecule has 0 bridgehead atoms. The van der Waals surface area contributed by atoms with Crippen LogP contribution in [0, 0.1) is 5.41 Å². The standard InChI is InChI=1S/C19H38N4O/c1-4-23(17-8-9-17)14-13-21-18(20-3)22-16-19(10-6-7-11-19)12-15-24-5-2/h17H,4-16H2,1-3H3,(H2,20,21,22). The molecule has 5 heteroatoms. The molecule has 0 amide bonds. The number of nitrogens with zero attached hydrogens (tertiary/aromatic N) is 2. The van der Waals surface area contributed by atoms with Gasteiger partial charge in [-0.05, 0) is 51.0 Å². The molecule has 0 aromatic carbocycles. The van der Waals surface area contributed by atoms with E-state index in [1.54, 1.807) is 0 Å². The first-order valence-electron chi connectivity index (χ1n) is 9.99. The third kappa shape index (κ3) is 6.25. The molecule has 2 N–H and O–H groups in total. The first-order valence-corrected chi connectivity index (χ1v) is 9.99. The lowest BCUT2D eigenvalue weighted by atomic mass is 9.83. The molecule has 0 atom stereocenters. The average molecular weight is 339 g/mol. The number of aliphatic imine (C=N–C) groups is 1. The van der Waals surface area contributed by atoms with Gasteiger partial charge in [-0.3, -0.25) is 9.89 Å². The number of nitrogens with one attached hydrogen (secondary N) is 2. The Hall–Kier alpha value is -0.810. The summed E-state index contributed by atoms with van der Waals surface area (Å²) < 4.78 is 5.61. The molecule has 2 fully saturated rings. The van der Waals surface area contributed by atoms with Crippen molar-refractivity contribution >= 4 is 5.96 Å². The van der Waals surface area contributed by atoms with Gasteiger partial charge in [0, 0.05) is 45.9 Å². The van der Waals surface area contributed by atoms with Crippen molar-refractivity contribution in [2.75, 3.05) is 46.4 Å². The maximum atomic E-state index is 5.61. The van der Waals surface area contributed by atoms with E-state index in [1.807, 2.05) is 7.05 Å². The molecule has 5 nitrogen and oxygen atoms in total. The number of hydrogen-bond donors (Lipinski definition) is 2. The van der Waals surface area contributed by atoms with Gasteiger partial charge in [-0.2, -0.15) is 0 Å². The normalized spacial score (nSPS) is 20.6. The summed E-state index contributed by atoms with van der Waals surface area (Å²) >= 11 is 0. The van der Waals surface area contributed by atoms with Crippen molar-refractivity contribution in [2.45, 2.75) is 64.8 Å². The highest BCUT2D eigenvalue weighted by Gasteiger charge is 2.33. The van der Waals surface area contributed by atoms with Gasteiger partial charge in [-0.15, -0.1) is 0 Å². The predicted molar refractivity (Wildman–Crippen MR) is 102 cm³/mol. The summed E-state index contributed by atoms with van der Waals surface area (Å²) in [5.74, 6) is 0.949. The first-order chi connectivity index (χ1) is 11.7. The third-order valence-corrected chi connectivity index (χ3v) is 5.66. The number of likely N-dealkylation sites (N-methyl/N-ethyl adjacent to an activating group) is 1. The van der Waals surface area contributed by atoms with Crippen molar-refractivity contribution in [3.8, 4) is 0 Å². The minimum absolute atomic E-state index is 0.399. The van der Waals surface area contributed by atoms with Crippen LogP contribution < -0.4 is 10.6 Å². The topological polar surface area (TPSA) is 48.9 Å². The van der Waals surface area contributed by atoms with Crippen LogP contribution in [0.25, 0.3) is 0 Å². The SMILES string of the molecule is CCOCCC1(CNC(=NC)NCCN(CC)C2CC2)CCCC1. The van der Waals surface area contributed by atoms with Crippen LogP contribution in [0.2, 0.25) is 0 Å². The zero-order valence-corrected chi connectivity index (χ0v) is 16.1. The Labute approximate surface area is 148 Å². The second kappa shape index (κ2) is 10.2. The molecule has 2 aliphatic carbocycles. The summed E-state index contributed by atoms with van der Waals surface area (Å²) in [6.07, 6.45) is 9.26. The second-order valence-corrected chi connectivity index (χ2v) is 7.37. The van der Waals surface area contributed by atoms with Gasteiger partial charge in [-0.1, -0.05) is 19.8 Å². The zero-order valence-electron chi connectivity index (χ0n) is 16.1. The second-order valence-electron chi connectivity index (χ2n) is 7.37. The minimum atomic E-state index is 0.399. The first kappa shape index (κ1) is 19.5. The van der Waals surface area contributed by atoms with Gasteiger partial charge in [-0.25, -0.2) is 0 Å². The summed E-state index contributed by atoms with van der Waals surface area (Å²) in [5, 5.41) is 7.07. The van der Waals surface area contributed by atoms with Crippen LogP contribution in [-0.4, -0.2) is 63.3 Å². The van der Waals surface area contributed by atoms with Gasteiger partial charge in [0.05, 0.1) is 0 Å². The third-order valence-electron chi connectivity index (χ3n) is 5.66. The largest absolute Gasteiger partial charge is 0.382 e. The molecule has 0 aromatic heterocycles. The molecular formula is C19H38N4O. The maximum Gasteiger partial charge on any atom is 0.191 e. The van der Waals surface area contributed by atoms with Gasteiger partial charge in [0.15, 0.2) is 5.96 Å². The average Bonchev–Trinajstić information content (AvgIpc) is 3.34. The van der Waals surface area contributed by atoms with Crippen molar-refractivity contribution in [1.29, 1.82) is 0 Å². The van der Waals surface area contributed by atoms with E-state index in [-0.39, 0.29) is 0 Å². The Balaban J connectivity index is 1.70. The molecule has 0 radical (unpaired) electrons. The highest BCUT2D eigenvalue weighted by Crippen LogP contribution is 2.40. The molecule has 0 unspecified atom stereocenters. The lowest BCUT2D eigenvalue weighted by Gasteiger charge is -2.30. The van der Waals surface area contributed by atoms with Crippen LogP contribution in [0.5, 0.6) is 0 Å². The van der Waals surface area contributed by atoms with Crippen LogP contribution in [0.4, 0.5) is 0 Å². The van der Waals surface area contributed by atoms with Crippen molar-refractivity contribution in [1.82, 2.24) is 15.5 Å². The Bertz CT molecular complexity index is 376. The maximum absolute atomic E-state index is 5.61. The summed E-state index contributed by atoms with van der Waals surface area (Å²) in [6, 6.07) is 0.840. The monoisotopic (exact) mass is 338 g/mol. The summed E-state index contributed by atoms with van der Waals surface area (Å²) in [4.78, 5) is 6.97. The predicted octanol–water partition coefficient (Wildman–Crippen LogP) is 2.62. The smallest absolute Gasteiger partial charge is 0.191 e. The van der Waals surface area contributed by atoms with Gasteiger partial charge in [0.2, 0.25) is 0 Å². The van der Waals surface area contributed by atoms with Gasteiger partial charge in [0.1, 0.15) is 0 Å². The van der Waals surface area contributed by atoms with E-state index < -0.39 is 0 Å². The van der Waals surface area contributed by atoms with Crippen LogP contribution >= 0.6 is 0 Å². The van der Waals surface area contributed by atoms with Gasteiger partial charge in [0.25, 0.3) is 0 Å². The fourth-order valence-corrected chi connectivity index (χ4v) is 3.92. The number of hydrogen-bond acceptors (Lipinski definition) is 3. The Kier molecular flexibility index (Phi) is 8.33. The summed E-state index contributed by atoms with van der Waals surface area (Å²) in [6.45, 7) is 10.3. The molecule has 0 aliphatic heterocycles. The fourth-order valence-electron chi connectivity index (χ4n) is 3.92. The van der Waals surface area contributed by atoms with E-state index in [0.717, 1.165) is 57.8 Å². The van der Waals surface area contributed by atoms with Crippen molar-refractivity contribution in [3.63, 3.8) is 0 Å². The molecular weight excluding hydrogens is 300 g/mol. The van der Waals surface area contributed by atoms with Gasteiger partial charge >= 0.3 is 0 Å². The Morgan fingerprint density at radius 1 is 1.21 bits per heavy atom. The molecule has 0 aromatic rings. The molecule has 0 heterocycles. The van der Waals surface area contributed by atoms with Crippen LogP contribution in [0.1, 0.15) is 58.8 Å². The summed E-state index contributed by atoms with van der Waals surface area (Å²) in [7, 11) is 1.87. The van der Waals surface area contributed by atoms with Crippen molar-refractivity contribution in [3.05, 3.63) is 0 Å². The van der Waals surface area contributed by atoms with E-state index in [1.165, 1.54) is 38.5 Å². The highest BCUT2D eigenvalue weighted by molar-refractivity contribution is 5.79. The summed E-state index contributed by atoms with van der Waals surface area (Å²) in [5.41, 5.74) is 0.399. The molecule has 0 saturated heterocycles. The number of guanidine groups is 1. The number of ether oxygens (including phenoxy) is 1. The minimum Gasteiger partial charge on any atom is -0.382 e. The van der Waals surface area contributed by atoms with Crippen molar-refractivity contribution < 1.29 is 4.74 Å².